The normalized spacial score (nSPS) is 16.3. The maximum absolute atomic E-state index is 5.58. The molecule has 0 saturated heterocycles. The molecule has 1 aromatic rings. The molecular weight excluding hydrogens is 188 g/mol. The Hall–Kier alpha value is -0.860. The molecule has 2 rings (SSSR count). The first-order valence-corrected chi connectivity index (χ1v) is 5.59. The molecule has 0 spiro atoms. The summed E-state index contributed by atoms with van der Waals surface area (Å²) in [6, 6.07) is 10.8. The summed E-state index contributed by atoms with van der Waals surface area (Å²) in [6.07, 6.45) is 4.30. The number of ether oxygens (including phenoxy) is 2. The van der Waals surface area contributed by atoms with Crippen molar-refractivity contribution in [1.82, 2.24) is 0 Å². The van der Waals surface area contributed by atoms with E-state index in [1.165, 1.54) is 24.8 Å². The summed E-state index contributed by atoms with van der Waals surface area (Å²) in [4.78, 5) is 0. The summed E-state index contributed by atoms with van der Waals surface area (Å²) in [5.41, 5.74) is 1.19. The van der Waals surface area contributed by atoms with Crippen molar-refractivity contribution in [2.24, 2.45) is 0 Å². The zero-order valence-corrected chi connectivity index (χ0v) is 8.95. The maximum Gasteiger partial charge on any atom is 0.0718 e. The van der Waals surface area contributed by atoms with Gasteiger partial charge in [0.1, 0.15) is 0 Å². The van der Waals surface area contributed by atoms with Gasteiger partial charge in [0, 0.05) is 0 Å². The summed E-state index contributed by atoms with van der Waals surface area (Å²) in [5.74, 6) is 0. The van der Waals surface area contributed by atoms with Crippen LogP contribution in [-0.2, 0) is 16.1 Å². The van der Waals surface area contributed by atoms with Crippen molar-refractivity contribution in [3.05, 3.63) is 35.9 Å². The van der Waals surface area contributed by atoms with Crippen molar-refractivity contribution < 1.29 is 9.47 Å². The summed E-state index contributed by atoms with van der Waals surface area (Å²) in [7, 11) is 0. The van der Waals surface area contributed by atoms with Crippen LogP contribution >= 0.6 is 0 Å². The van der Waals surface area contributed by atoms with Crippen molar-refractivity contribution in [1.29, 1.82) is 0 Å². The zero-order valence-electron chi connectivity index (χ0n) is 8.95. The van der Waals surface area contributed by atoms with E-state index >= 15 is 0 Å². The van der Waals surface area contributed by atoms with Crippen molar-refractivity contribution >= 4 is 0 Å². The van der Waals surface area contributed by atoms with Gasteiger partial charge in [-0.25, -0.2) is 0 Å². The summed E-state index contributed by atoms with van der Waals surface area (Å²) in [5, 5.41) is 0. The second kappa shape index (κ2) is 5.89. The lowest BCUT2D eigenvalue weighted by Gasteiger charge is -2.25. The van der Waals surface area contributed by atoms with Crippen molar-refractivity contribution in [3.8, 4) is 0 Å². The van der Waals surface area contributed by atoms with Gasteiger partial charge in [0.2, 0.25) is 0 Å². The molecule has 1 aromatic carbocycles. The van der Waals surface area contributed by atoms with E-state index in [1.807, 2.05) is 24.3 Å². The smallest absolute Gasteiger partial charge is 0.0718 e. The minimum atomic E-state index is 0.514. The van der Waals surface area contributed by atoms with Gasteiger partial charge in [-0.1, -0.05) is 24.3 Å². The molecule has 0 bridgehead atoms. The Balaban J connectivity index is 1.51. The van der Waals surface area contributed by atoms with Gasteiger partial charge in [0.05, 0.1) is 25.9 Å². The van der Waals surface area contributed by atoms with E-state index < -0.39 is 0 Å². The third-order valence-corrected chi connectivity index (χ3v) is 2.69. The van der Waals surface area contributed by atoms with E-state index in [4.69, 9.17) is 9.47 Å². The Morgan fingerprint density at radius 1 is 1.20 bits per heavy atom. The van der Waals surface area contributed by atoms with Crippen LogP contribution in [0.25, 0.3) is 0 Å². The highest BCUT2D eigenvalue weighted by molar-refractivity contribution is 5.12. The third-order valence-electron chi connectivity index (χ3n) is 2.69. The molecular formula is C13H17O2. The minimum absolute atomic E-state index is 0.514. The fourth-order valence-electron chi connectivity index (χ4n) is 1.52. The van der Waals surface area contributed by atoms with Crippen LogP contribution in [0.3, 0.4) is 0 Å². The predicted octanol–water partition coefficient (Wildman–Crippen LogP) is 2.57. The molecule has 81 valence electrons. The molecule has 1 aliphatic carbocycles. The quantitative estimate of drug-likeness (QED) is 0.664. The molecule has 0 heterocycles. The number of hydrogen-bond acceptors (Lipinski definition) is 2. The van der Waals surface area contributed by atoms with E-state index in [9.17, 15) is 0 Å². The van der Waals surface area contributed by atoms with E-state index in [1.54, 1.807) is 0 Å². The van der Waals surface area contributed by atoms with Crippen molar-refractivity contribution in [2.75, 3.05) is 13.2 Å². The fourth-order valence-corrected chi connectivity index (χ4v) is 1.52. The van der Waals surface area contributed by atoms with Crippen LogP contribution in [0.1, 0.15) is 24.8 Å². The molecule has 0 atom stereocenters. The lowest BCUT2D eigenvalue weighted by atomic mass is 9.96. The summed E-state index contributed by atoms with van der Waals surface area (Å²) in [6.45, 7) is 2.08. The topological polar surface area (TPSA) is 18.5 Å². The van der Waals surface area contributed by atoms with Gasteiger partial charge < -0.3 is 9.47 Å². The predicted molar refractivity (Wildman–Crippen MR) is 58.5 cm³/mol. The first kappa shape index (κ1) is 10.7. The molecule has 1 saturated carbocycles. The molecule has 0 amide bonds. The second-order valence-electron chi connectivity index (χ2n) is 3.88. The molecule has 1 aliphatic rings. The van der Waals surface area contributed by atoms with E-state index in [-0.39, 0.29) is 0 Å². The molecule has 2 heteroatoms. The molecule has 0 unspecified atom stereocenters. The molecule has 15 heavy (non-hydrogen) atoms. The van der Waals surface area contributed by atoms with E-state index in [0.717, 1.165) is 6.61 Å². The van der Waals surface area contributed by atoms with Crippen LogP contribution in [-0.4, -0.2) is 19.3 Å². The first-order chi connectivity index (χ1) is 7.45. The highest BCUT2D eigenvalue weighted by Crippen LogP contribution is 2.21. The first-order valence-electron chi connectivity index (χ1n) is 5.59. The monoisotopic (exact) mass is 205 g/mol. The second-order valence-corrected chi connectivity index (χ2v) is 3.88. The molecule has 0 aliphatic heterocycles. The van der Waals surface area contributed by atoms with Gasteiger partial charge in [-0.2, -0.15) is 0 Å². The molecule has 1 radical (unpaired) electrons. The van der Waals surface area contributed by atoms with Gasteiger partial charge in [-0.05, 0) is 30.9 Å². The fraction of sp³-hybridized carbons (Fsp3) is 0.538. The Labute approximate surface area is 91.2 Å². The highest BCUT2D eigenvalue weighted by Gasteiger charge is 2.16. The Morgan fingerprint density at radius 2 is 2.00 bits per heavy atom. The van der Waals surface area contributed by atoms with E-state index in [2.05, 4.69) is 6.07 Å². The van der Waals surface area contributed by atoms with E-state index in [0.29, 0.717) is 19.3 Å². The largest absolute Gasteiger partial charge is 0.376 e. The number of hydrogen-bond donors (Lipinski definition) is 0. The van der Waals surface area contributed by atoms with Crippen LogP contribution in [0.5, 0.6) is 0 Å². The number of benzene rings is 1. The molecule has 2 nitrogen and oxygen atoms in total. The zero-order chi connectivity index (χ0) is 10.3. The van der Waals surface area contributed by atoms with Crippen LogP contribution in [0.4, 0.5) is 0 Å². The molecule has 0 N–H and O–H groups in total. The van der Waals surface area contributed by atoms with Crippen molar-refractivity contribution in [3.63, 3.8) is 0 Å². The van der Waals surface area contributed by atoms with Gasteiger partial charge in [0.15, 0.2) is 0 Å². The lowest BCUT2D eigenvalue weighted by molar-refractivity contribution is -0.0315. The maximum atomic E-state index is 5.58. The highest BCUT2D eigenvalue weighted by atomic mass is 16.5. The molecule has 0 aromatic heterocycles. The lowest BCUT2D eigenvalue weighted by Crippen LogP contribution is -2.23. The van der Waals surface area contributed by atoms with Gasteiger partial charge >= 0.3 is 0 Å². The average Bonchev–Trinajstić information content (AvgIpc) is 2.22. The van der Waals surface area contributed by atoms with Crippen LogP contribution in [0.15, 0.2) is 24.3 Å². The Morgan fingerprint density at radius 3 is 2.67 bits per heavy atom. The van der Waals surface area contributed by atoms with Crippen LogP contribution in [0.2, 0.25) is 0 Å². The van der Waals surface area contributed by atoms with Gasteiger partial charge in [-0.3, -0.25) is 0 Å². The average molecular weight is 205 g/mol. The van der Waals surface area contributed by atoms with Crippen LogP contribution in [0, 0.1) is 6.07 Å². The standard InChI is InChI=1S/C13H17O2/c1-2-5-12(6-3-1)11-14-9-10-15-13-7-4-8-13/h2-3,5-6,13H,4,7-11H2. The third kappa shape index (κ3) is 3.65. The minimum Gasteiger partial charge on any atom is -0.376 e. The molecule has 1 fully saturated rings. The van der Waals surface area contributed by atoms with Gasteiger partial charge in [0.25, 0.3) is 0 Å². The van der Waals surface area contributed by atoms with Crippen LogP contribution < -0.4 is 0 Å². The van der Waals surface area contributed by atoms with Crippen molar-refractivity contribution in [2.45, 2.75) is 32.0 Å². The van der Waals surface area contributed by atoms with Gasteiger partial charge in [-0.15, -0.1) is 0 Å². The SMILES string of the molecule is [c]1ccc(COCCOC2CCC2)cc1. The Bertz CT molecular complexity index is 267. The number of rotatable bonds is 6. The summed E-state index contributed by atoms with van der Waals surface area (Å²) >= 11 is 0. The Kier molecular flexibility index (Phi) is 4.18. The summed E-state index contributed by atoms with van der Waals surface area (Å²) < 4.78 is 11.1.